The topological polar surface area (TPSA) is 75.2 Å². The van der Waals surface area contributed by atoms with Gasteiger partial charge in [-0.3, -0.25) is 4.99 Å². The van der Waals surface area contributed by atoms with Gasteiger partial charge in [-0.25, -0.2) is 4.79 Å². The molecule has 1 aliphatic rings. The largest absolute Gasteiger partial charge is 0.444 e. The van der Waals surface area contributed by atoms with Crippen LogP contribution in [0.2, 0.25) is 0 Å². The summed E-state index contributed by atoms with van der Waals surface area (Å²) >= 11 is 0. The van der Waals surface area contributed by atoms with Gasteiger partial charge in [-0.1, -0.05) is 0 Å². The highest BCUT2D eigenvalue weighted by Crippen LogP contribution is 2.28. The van der Waals surface area contributed by atoms with E-state index in [9.17, 15) is 4.79 Å². The Morgan fingerprint density at radius 1 is 1.20 bits per heavy atom. The number of amides is 1. The van der Waals surface area contributed by atoms with Crippen LogP contribution in [0, 0.1) is 0 Å². The van der Waals surface area contributed by atoms with E-state index in [4.69, 9.17) is 9.47 Å². The number of guanidine groups is 1. The molecule has 0 aromatic rings. The summed E-state index contributed by atoms with van der Waals surface area (Å²) in [7, 11) is 1.68. The van der Waals surface area contributed by atoms with E-state index in [2.05, 4.69) is 15.6 Å². The van der Waals surface area contributed by atoms with Crippen LogP contribution in [-0.4, -0.2) is 67.5 Å². The van der Waals surface area contributed by atoms with Crippen molar-refractivity contribution in [3.05, 3.63) is 0 Å². The number of hydrogen-bond donors (Lipinski definition) is 2. The lowest BCUT2D eigenvalue weighted by molar-refractivity contribution is 0.0238. The van der Waals surface area contributed by atoms with Gasteiger partial charge in [-0.15, -0.1) is 0 Å². The number of ether oxygens (including phenoxy) is 2. The molecule has 0 spiro atoms. The Balaban J connectivity index is 2.54. The predicted molar refractivity (Wildman–Crippen MR) is 101 cm³/mol. The standard InChI is InChI=1S/C18H36N4O3/c1-8-19-15(21-13-18(5,6)24-7)20-11-12-22(14-9-10-14)16(23)25-17(2,3)4/h14H,8-13H2,1-7H3,(H2,19,20,21). The van der Waals surface area contributed by atoms with E-state index >= 15 is 0 Å². The molecule has 2 N–H and O–H groups in total. The number of aliphatic imine (C=N–C) groups is 1. The molecule has 0 aromatic heterocycles. The van der Waals surface area contributed by atoms with E-state index in [0.29, 0.717) is 25.7 Å². The zero-order chi connectivity index (χ0) is 19.1. The molecule has 7 heteroatoms. The lowest BCUT2D eigenvalue weighted by Gasteiger charge is -2.27. The van der Waals surface area contributed by atoms with Crippen LogP contribution in [0.3, 0.4) is 0 Å². The third-order valence-corrected chi connectivity index (χ3v) is 3.78. The maximum absolute atomic E-state index is 12.4. The van der Waals surface area contributed by atoms with Crippen LogP contribution in [-0.2, 0) is 9.47 Å². The lowest BCUT2D eigenvalue weighted by atomic mass is 10.1. The van der Waals surface area contributed by atoms with Crippen molar-refractivity contribution >= 4 is 12.1 Å². The van der Waals surface area contributed by atoms with E-state index in [-0.39, 0.29) is 11.7 Å². The first-order valence-electron chi connectivity index (χ1n) is 9.15. The van der Waals surface area contributed by atoms with Gasteiger partial charge >= 0.3 is 6.09 Å². The summed E-state index contributed by atoms with van der Waals surface area (Å²) in [6.45, 7) is 14.2. The Labute approximate surface area is 152 Å². The fraction of sp³-hybridized carbons (Fsp3) is 0.889. The van der Waals surface area contributed by atoms with E-state index in [1.165, 1.54) is 0 Å². The molecule has 1 aliphatic carbocycles. The molecule has 1 rings (SSSR count). The van der Waals surface area contributed by atoms with Crippen molar-refractivity contribution in [3.63, 3.8) is 0 Å². The van der Waals surface area contributed by atoms with Gasteiger partial charge in [-0.2, -0.15) is 0 Å². The maximum Gasteiger partial charge on any atom is 0.410 e. The number of rotatable bonds is 8. The van der Waals surface area contributed by atoms with Crippen LogP contribution in [0.4, 0.5) is 4.79 Å². The first-order chi connectivity index (χ1) is 11.6. The van der Waals surface area contributed by atoms with Crippen molar-refractivity contribution in [2.24, 2.45) is 4.99 Å². The number of carbonyl (C=O) groups excluding carboxylic acids is 1. The Hall–Kier alpha value is -1.50. The minimum Gasteiger partial charge on any atom is -0.444 e. The van der Waals surface area contributed by atoms with E-state index < -0.39 is 5.60 Å². The second kappa shape index (κ2) is 9.27. The summed E-state index contributed by atoms with van der Waals surface area (Å²) in [4.78, 5) is 18.7. The van der Waals surface area contributed by atoms with Gasteiger partial charge < -0.3 is 25.0 Å². The second-order valence-corrected chi connectivity index (χ2v) is 7.99. The summed E-state index contributed by atoms with van der Waals surface area (Å²) in [5.41, 5.74) is -0.779. The van der Waals surface area contributed by atoms with Crippen LogP contribution in [0.25, 0.3) is 0 Å². The lowest BCUT2D eigenvalue weighted by Crippen LogP contribution is -2.45. The van der Waals surface area contributed by atoms with E-state index in [1.54, 1.807) is 7.11 Å². The zero-order valence-electron chi connectivity index (χ0n) is 16.9. The van der Waals surface area contributed by atoms with Crippen LogP contribution < -0.4 is 10.6 Å². The predicted octanol–water partition coefficient (Wildman–Crippen LogP) is 2.37. The van der Waals surface area contributed by atoms with Crippen molar-refractivity contribution in [2.45, 2.75) is 71.6 Å². The first-order valence-corrected chi connectivity index (χ1v) is 9.15. The molecular formula is C18H36N4O3. The SMILES string of the molecule is CCNC(=NCC(C)(C)OC)NCCN(C(=O)OC(C)(C)C)C1CC1. The Morgan fingerprint density at radius 2 is 1.84 bits per heavy atom. The van der Waals surface area contributed by atoms with Crippen molar-refractivity contribution in [1.29, 1.82) is 0 Å². The number of nitrogens with zero attached hydrogens (tertiary/aromatic N) is 2. The van der Waals surface area contributed by atoms with Gasteiger partial charge in [0.15, 0.2) is 5.96 Å². The van der Waals surface area contributed by atoms with E-state index in [1.807, 2.05) is 46.4 Å². The van der Waals surface area contributed by atoms with Gasteiger partial charge in [0, 0.05) is 32.8 Å². The van der Waals surface area contributed by atoms with Crippen LogP contribution in [0.1, 0.15) is 54.4 Å². The molecule has 0 radical (unpaired) electrons. The summed E-state index contributed by atoms with van der Waals surface area (Å²) in [6, 6.07) is 0.309. The molecule has 25 heavy (non-hydrogen) atoms. The number of methoxy groups -OCH3 is 1. The number of nitrogens with one attached hydrogen (secondary N) is 2. The zero-order valence-corrected chi connectivity index (χ0v) is 16.9. The van der Waals surface area contributed by atoms with Crippen LogP contribution in [0.5, 0.6) is 0 Å². The molecule has 0 saturated heterocycles. The molecule has 0 heterocycles. The van der Waals surface area contributed by atoms with Gasteiger partial charge in [0.1, 0.15) is 5.60 Å². The highest BCUT2D eigenvalue weighted by atomic mass is 16.6. The molecule has 0 aromatic carbocycles. The van der Waals surface area contributed by atoms with Gasteiger partial charge in [0.05, 0.1) is 12.1 Å². The summed E-state index contributed by atoms with van der Waals surface area (Å²) in [6.07, 6.45) is 1.87. The monoisotopic (exact) mass is 356 g/mol. The minimum atomic E-state index is -0.472. The number of carbonyl (C=O) groups is 1. The normalized spacial score (nSPS) is 15.7. The third kappa shape index (κ3) is 8.95. The molecule has 146 valence electrons. The van der Waals surface area contributed by atoms with Gasteiger partial charge in [0.25, 0.3) is 0 Å². The molecule has 1 amide bonds. The van der Waals surface area contributed by atoms with E-state index in [0.717, 1.165) is 25.3 Å². The fourth-order valence-electron chi connectivity index (χ4n) is 2.10. The van der Waals surface area contributed by atoms with Crippen molar-refractivity contribution in [2.75, 3.05) is 33.3 Å². The average molecular weight is 357 g/mol. The van der Waals surface area contributed by atoms with Crippen molar-refractivity contribution < 1.29 is 14.3 Å². The molecule has 0 atom stereocenters. The van der Waals surface area contributed by atoms with Gasteiger partial charge in [0.2, 0.25) is 0 Å². The molecule has 0 aliphatic heterocycles. The molecule has 0 unspecified atom stereocenters. The maximum atomic E-state index is 12.4. The Morgan fingerprint density at radius 3 is 2.32 bits per heavy atom. The summed E-state index contributed by atoms with van der Waals surface area (Å²) < 4.78 is 10.9. The highest BCUT2D eigenvalue weighted by Gasteiger charge is 2.34. The molecular weight excluding hydrogens is 320 g/mol. The molecule has 1 saturated carbocycles. The van der Waals surface area contributed by atoms with Crippen molar-refractivity contribution in [3.8, 4) is 0 Å². The molecule has 0 bridgehead atoms. The third-order valence-electron chi connectivity index (χ3n) is 3.78. The Bertz CT molecular complexity index is 454. The Kier molecular flexibility index (Phi) is 7.99. The second-order valence-electron chi connectivity index (χ2n) is 7.99. The fourth-order valence-corrected chi connectivity index (χ4v) is 2.10. The van der Waals surface area contributed by atoms with Crippen LogP contribution in [0.15, 0.2) is 4.99 Å². The average Bonchev–Trinajstić information content (AvgIpc) is 3.31. The highest BCUT2D eigenvalue weighted by molar-refractivity contribution is 5.79. The molecule has 7 nitrogen and oxygen atoms in total. The van der Waals surface area contributed by atoms with Crippen molar-refractivity contribution in [1.82, 2.24) is 15.5 Å². The summed E-state index contributed by atoms with van der Waals surface area (Å²) in [5, 5.41) is 6.50. The molecule has 1 fully saturated rings. The first kappa shape index (κ1) is 21.5. The number of hydrogen-bond acceptors (Lipinski definition) is 4. The smallest absolute Gasteiger partial charge is 0.410 e. The summed E-state index contributed by atoms with van der Waals surface area (Å²) in [5.74, 6) is 0.729. The quantitative estimate of drug-likeness (QED) is 0.516. The minimum absolute atomic E-state index is 0.237. The van der Waals surface area contributed by atoms with Crippen LogP contribution >= 0.6 is 0 Å². The van der Waals surface area contributed by atoms with Gasteiger partial charge in [-0.05, 0) is 54.4 Å².